The maximum Gasteiger partial charge on any atom is 0.402 e. The van der Waals surface area contributed by atoms with Crippen molar-refractivity contribution in [2.75, 3.05) is 6.54 Å². The number of sulfonamides is 1. The van der Waals surface area contributed by atoms with Gasteiger partial charge in [-0.05, 0) is 25.0 Å². The predicted octanol–water partition coefficient (Wildman–Crippen LogP) is 3.48. The number of aromatic nitrogens is 1. The largest absolute Gasteiger partial charge is 0.402 e. The highest BCUT2D eigenvalue weighted by Crippen LogP contribution is 2.27. The Hall–Kier alpha value is -0.860. The normalized spacial score (nSPS) is 13.1. The zero-order chi connectivity index (χ0) is 16.3. The Kier molecular flexibility index (Phi) is 6.01. The molecule has 0 radical (unpaired) electrons. The van der Waals surface area contributed by atoms with E-state index >= 15 is 0 Å². The van der Waals surface area contributed by atoms with Crippen LogP contribution in [-0.2, 0) is 10.0 Å². The van der Waals surface area contributed by atoms with Crippen molar-refractivity contribution in [1.29, 1.82) is 0 Å². The Morgan fingerprint density at radius 2 is 1.86 bits per heavy atom. The molecule has 0 atom stereocenters. The van der Waals surface area contributed by atoms with E-state index in [-0.39, 0.29) is 22.9 Å². The van der Waals surface area contributed by atoms with Crippen LogP contribution in [0.4, 0.5) is 13.2 Å². The summed E-state index contributed by atoms with van der Waals surface area (Å²) in [7, 11) is -4.28. The first-order valence-corrected chi connectivity index (χ1v) is 8.13. The minimum Gasteiger partial charge on any atom is -0.243 e. The molecule has 1 heterocycles. The quantitative estimate of drug-likeness (QED) is 0.742. The molecule has 0 aliphatic carbocycles. The maximum atomic E-state index is 12.7. The third-order valence-electron chi connectivity index (χ3n) is 2.99. The summed E-state index contributed by atoms with van der Waals surface area (Å²) in [6, 6.07) is 1.65. The van der Waals surface area contributed by atoms with E-state index in [1.165, 1.54) is 6.07 Å². The zero-order valence-corrected chi connectivity index (χ0v) is 13.1. The van der Waals surface area contributed by atoms with Gasteiger partial charge in [0.2, 0.25) is 10.0 Å². The molecule has 0 N–H and O–H groups in total. The lowest BCUT2D eigenvalue weighted by Gasteiger charge is -2.30. The Morgan fingerprint density at radius 1 is 1.29 bits per heavy atom. The van der Waals surface area contributed by atoms with Gasteiger partial charge in [-0.1, -0.05) is 25.4 Å². The van der Waals surface area contributed by atoms with Gasteiger partial charge in [-0.25, -0.2) is 13.4 Å². The van der Waals surface area contributed by atoms with Crippen molar-refractivity contribution in [2.24, 2.45) is 0 Å². The molecule has 0 fully saturated rings. The molecule has 120 valence electrons. The number of rotatable bonds is 6. The fourth-order valence-electron chi connectivity index (χ4n) is 1.93. The van der Waals surface area contributed by atoms with Crippen LogP contribution >= 0.6 is 11.6 Å². The standard InChI is InChI=1S/C12H16ClF3N2O2S/c1-3-9(4-2)18(8-12(14,15)16)21(19,20)10-5-6-11(13)17-7-10/h5-7,9H,3-4,8H2,1-2H3. The number of hydrogen-bond donors (Lipinski definition) is 0. The summed E-state index contributed by atoms with van der Waals surface area (Å²) in [5.41, 5.74) is 0. The van der Waals surface area contributed by atoms with Gasteiger partial charge in [-0.2, -0.15) is 17.5 Å². The van der Waals surface area contributed by atoms with Gasteiger partial charge < -0.3 is 0 Å². The van der Waals surface area contributed by atoms with E-state index in [9.17, 15) is 21.6 Å². The van der Waals surface area contributed by atoms with Gasteiger partial charge in [-0.15, -0.1) is 0 Å². The van der Waals surface area contributed by atoms with Crippen molar-refractivity contribution >= 4 is 21.6 Å². The van der Waals surface area contributed by atoms with Crippen LogP contribution in [0.3, 0.4) is 0 Å². The fourth-order valence-corrected chi connectivity index (χ4v) is 3.75. The third kappa shape index (κ3) is 4.82. The second kappa shape index (κ2) is 6.93. The Balaban J connectivity index is 3.25. The molecule has 0 bridgehead atoms. The zero-order valence-electron chi connectivity index (χ0n) is 11.6. The summed E-state index contributed by atoms with van der Waals surface area (Å²) in [6.45, 7) is 1.77. The van der Waals surface area contributed by atoms with Crippen molar-refractivity contribution in [2.45, 2.75) is 43.8 Å². The smallest absolute Gasteiger partial charge is 0.243 e. The first-order chi connectivity index (χ1) is 9.61. The summed E-state index contributed by atoms with van der Waals surface area (Å²) in [5, 5.41) is 0.0684. The molecule has 1 aromatic heterocycles. The van der Waals surface area contributed by atoms with Gasteiger partial charge in [0.15, 0.2) is 0 Å². The average molecular weight is 345 g/mol. The molecule has 0 saturated carbocycles. The Labute approximate surface area is 127 Å². The molecule has 0 aliphatic rings. The minimum absolute atomic E-state index is 0.0684. The molecule has 21 heavy (non-hydrogen) atoms. The van der Waals surface area contributed by atoms with E-state index in [1.807, 2.05) is 0 Å². The molecule has 0 aliphatic heterocycles. The Bertz CT molecular complexity index is 557. The first kappa shape index (κ1) is 18.2. The molecule has 0 unspecified atom stereocenters. The van der Waals surface area contributed by atoms with Crippen LogP contribution in [0, 0.1) is 0 Å². The van der Waals surface area contributed by atoms with Crippen molar-refractivity contribution in [3.63, 3.8) is 0 Å². The molecule has 0 spiro atoms. The van der Waals surface area contributed by atoms with E-state index in [0.717, 1.165) is 12.3 Å². The monoisotopic (exact) mass is 344 g/mol. The van der Waals surface area contributed by atoms with Crippen LogP contribution in [0.25, 0.3) is 0 Å². The number of nitrogens with zero attached hydrogens (tertiary/aromatic N) is 2. The van der Waals surface area contributed by atoms with Gasteiger partial charge in [0.1, 0.15) is 16.6 Å². The van der Waals surface area contributed by atoms with Crippen LogP contribution in [0.15, 0.2) is 23.2 Å². The van der Waals surface area contributed by atoms with Crippen LogP contribution in [-0.4, -0.2) is 36.5 Å². The molecule has 1 rings (SSSR count). The van der Waals surface area contributed by atoms with Crippen molar-refractivity contribution in [3.8, 4) is 0 Å². The summed E-state index contributed by atoms with van der Waals surface area (Å²) in [4.78, 5) is 3.31. The van der Waals surface area contributed by atoms with Gasteiger partial charge in [0.05, 0.1) is 0 Å². The SMILES string of the molecule is CCC(CC)N(CC(F)(F)F)S(=O)(=O)c1ccc(Cl)nc1. The van der Waals surface area contributed by atoms with Crippen LogP contribution < -0.4 is 0 Å². The van der Waals surface area contributed by atoms with Crippen molar-refractivity contribution in [3.05, 3.63) is 23.5 Å². The number of hydrogen-bond acceptors (Lipinski definition) is 3. The number of halogens is 4. The lowest BCUT2D eigenvalue weighted by Crippen LogP contribution is -2.45. The molecule has 4 nitrogen and oxygen atoms in total. The highest BCUT2D eigenvalue weighted by molar-refractivity contribution is 7.89. The first-order valence-electron chi connectivity index (χ1n) is 6.32. The highest BCUT2D eigenvalue weighted by Gasteiger charge is 2.40. The van der Waals surface area contributed by atoms with Gasteiger partial charge in [-0.3, -0.25) is 0 Å². The molecule has 0 saturated heterocycles. The van der Waals surface area contributed by atoms with Crippen molar-refractivity contribution < 1.29 is 21.6 Å². The molecular weight excluding hydrogens is 329 g/mol. The van der Waals surface area contributed by atoms with Crippen LogP contribution in [0.2, 0.25) is 5.15 Å². The summed E-state index contributed by atoms with van der Waals surface area (Å²) in [6.07, 6.45) is -3.08. The third-order valence-corrected chi connectivity index (χ3v) is 5.10. The number of pyridine rings is 1. The molecular formula is C12H16ClF3N2O2S. The van der Waals surface area contributed by atoms with E-state index in [1.54, 1.807) is 13.8 Å². The van der Waals surface area contributed by atoms with E-state index in [2.05, 4.69) is 4.98 Å². The van der Waals surface area contributed by atoms with Gasteiger partial charge in [0, 0.05) is 12.2 Å². The fraction of sp³-hybridized carbons (Fsp3) is 0.583. The lowest BCUT2D eigenvalue weighted by atomic mass is 10.2. The average Bonchev–Trinajstić information content (AvgIpc) is 2.38. The summed E-state index contributed by atoms with van der Waals surface area (Å²) in [5.74, 6) is 0. The van der Waals surface area contributed by atoms with Gasteiger partial charge in [0.25, 0.3) is 0 Å². The molecule has 0 aromatic carbocycles. The van der Waals surface area contributed by atoms with Crippen molar-refractivity contribution in [1.82, 2.24) is 9.29 Å². The van der Waals surface area contributed by atoms with Crippen LogP contribution in [0.5, 0.6) is 0 Å². The second-order valence-electron chi connectivity index (χ2n) is 4.45. The minimum atomic E-state index is -4.62. The lowest BCUT2D eigenvalue weighted by molar-refractivity contribution is -0.139. The molecule has 1 aromatic rings. The maximum absolute atomic E-state index is 12.7. The molecule has 9 heteroatoms. The van der Waals surface area contributed by atoms with E-state index in [4.69, 9.17) is 11.6 Å². The Morgan fingerprint density at radius 3 is 2.24 bits per heavy atom. The topological polar surface area (TPSA) is 50.3 Å². The second-order valence-corrected chi connectivity index (χ2v) is 6.73. The summed E-state index contributed by atoms with van der Waals surface area (Å²) >= 11 is 5.57. The summed E-state index contributed by atoms with van der Waals surface area (Å²) < 4.78 is 63.4. The highest BCUT2D eigenvalue weighted by atomic mass is 35.5. The van der Waals surface area contributed by atoms with Crippen LogP contribution in [0.1, 0.15) is 26.7 Å². The van der Waals surface area contributed by atoms with E-state index in [0.29, 0.717) is 4.31 Å². The predicted molar refractivity (Wildman–Crippen MR) is 73.6 cm³/mol. The van der Waals surface area contributed by atoms with E-state index < -0.39 is 28.8 Å². The van der Waals surface area contributed by atoms with Gasteiger partial charge >= 0.3 is 6.18 Å². The molecule has 0 amide bonds. The number of alkyl halides is 3.